The van der Waals surface area contributed by atoms with Gasteiger partial charge in [-0.2, -0.15) is 18.4 Å². The predicted molar refractivity (Wildman–Crippen MR) is 140 cm³/mol. The van der Waals surface area contributed by atoms with Gasteiger partial charge >= 0.3 is 6.18 Å². The molecular weight excluding hydrogens is 517 g/mol. The Morgan fingerprint density at radius 2 is 2.00 bits per heavy atom. The van der Waals surface area contributed by atoms with Crippen LogP contribution in [0.1, 0.15) is 50.7 Å². The largest absolute Gasteiger partial charge is 0.498 e. The van der Waals surface area contributed by atoms with Crippen LogP contribution in [-0.4, -0.2) is 70.4 Å². The first-order valence-corrected chi connectivity index (χ1v) is 13.0. The number of Topliss-reactive ketones (excluding diaryl/α,β-unsaturated/α-hetero) is 1. The molecule has 2 saturated heterocycles. The van der Waals surface area contributed by atoms with Crippen molar-refractivity contribution in [1.82, 2.24) is 9.80 Å². The molecule has 0 saturated carbocycles. The highest BCUT2D eigenvalue weighted by Gasteiger charge is 2.49. The molecule has 1 aliphatic carbocycles. The first-order valence-electron chi connectivity index (χ1n) is 12.6. The second kappa shape index (κ2) is 11.0. The fraction of sp³-hybridized carbons (Fsp3) is 0.519. The molecule has 1 unspecified atom stereocenters. The standard InChI is InChI=1S/C27H31F3N4O3S/c1-26(2)24(36)34(20-7-6-19(15-31)23(14-20)27(28,29)30)25(38)33(26)11-3-13-37-22-8-4-18(5-9-22)16-32-12-10-21(35)17-32/h4,6-8,14,24,36H,3,5,9-13,16-17H2,1-2H3. The quantitative estimate of drug-likeness (QED) is 0.379. The normalized spacial score (nSPS) is 22.0. The van der Waals surface area contributed by atoms with E-state index in [0.717, 1.165) is 43.8 Å². The van der Waals surface area contributed by atoms with Crippen molar-refractivity contribution in [2.75, 3.05) is 37.7 Å². The maximum Gasteiger partial charge on any atom is 0.417 e. The van der Waals surface area contributed by atoms with E-state index in [9.17, 15) is 23.1 Å². The van der Waals surface area contributed by atoms with Crippen molar-refractivity contribution in [2.24, 2.45) is 0 Å². The molecule has 0 amide bonds. The maximum atomic E-state index is 13.5. The molecule has 0 aromatic heterocycles. The molecule has 7 nitrogen and oxygen atoms in total. The van der Waals surface area contributed by atoms with Gasteiger partial charge < -0.3 is 14.7 Å². The van der Waals surface area contributed by atoms with Gasteiger partial charge in [0, 0.05) is 38.2 Å². The number of halogens is 3. The molecule has 2 heterocycles. The van der Waals surface area contributed by atoms with Gasteiger partial charge in [-0.1, -0.05) is 11.6 Å². The Labute approximate surface area is 225 Å². The van der Waals surface area contributed by atoms with Crippen LogP contribution in [0.15, 0.2) is 41.7 Å². The van der Waals surface area contributed by atoms with E-state index in [0.29, 0.717) is 38.3 Å². The molecule has 204 valence electrons. The number of hydrogen-bond donors (Lipinski definition) is 1. The summed E-state index contributed by atoms with van der Waals surface area (Å²) >= 11 is 5.58. The first kappa shape index (κ1) is 28.1. The summed E-state index contributed by atoms with van der Waals surface area (Å²) in [6.45, 7) is 6.58. The molecule has 3 aliphatic rings. The Hall–Kier alpha value is -2.94. The fourth-order valence-corrected chi connectivity index (χ4v) is 5.57. The van der Waals surface area contributed by atoms with Gasteiger partial charge in [-0.05, 0) is 63.2 Å². The molecular formula is C27H31F3N4O3S. The number of aliphatic hydroxyl groups excluding tert-OH is 1. The Morgan fingerprint density at radius 3 is 2.61 bits per heavy atom. The number of likely N-dealkylation sites (tertiary alicyclic amines) is 1. The number of nitriles is 1. The summed E-state index contributed by atoms with van der Waals surface area (Å²) in [5.74, 6) is 1.17. The average molecular weight is 549 g/mol. The van der Waals surface area contributed by atoms with Gasteiger partial charge in [0.1, 0.15) is 5.78 Å². The lowest BCUT2D eigenvalue weighted by atomic mass is 10.0. The van der Waals surface area contributed by atoms with E-state index in [1.54, 1.807) is 24.8 Å². The summed E-state index contributed by atoms with van der Waals surface area (Å²) in [6.07, 6.45) is 1.02. The molecule has 1 N–H and O–H groups in total. The zero-order valence-corrected chi connectivity index (χ0v) is 22.2. The molecule has 1 aromatic rings. The smallest absolute Gasteiger partial charge is 0.417 e. The molecule has 2 fully saturated rings. The highest BCUT2D eigenvalue weighted by atomic mass is 32.1. The van der Waals surface area contributed by atoms with Crippen molar-refractivity contribution < 1.29 is 27.8 Å². The lowest BCUT2D eigenvalue weighted by Gasteiger charge is -2.33. The van der Waals surface area contributed by atoms with Gasteiger partial charge in [-0.25, -0.2) is 0 Å². The molecule has 0 bridgehead atoms. The van der Waals surface area contributed by atoms with Gasteiger partial charge in [-0.3, -0.25) is 14.6 Å². The third kappa shape index (κ3) is 5.87. The van der Waals surface area contributed by atoms with E-state index >= 15 is 0 Å². The number of benzene rings is 1. The monoisotopic (exact) mass is 548 g/mol. The van der Waals surface area contributed by atoms with Gasteiger partial charge in [0.25, 0.3) is 0 Å². The molecule has 0 spiro atoms. The van der Waals surface area contributed by atoms with Gasteiger partial charge in [0.15, 0.2) is 11.3 Å². The molecule has 0 radical (unpaired) electrons. The molecule has 4 rings (SSSR count). The first-order chi connectivity index (χ1) is 17.9. The van der Waals surface area contributed by atoms with Crippen LogP contribution in [0.5, 0.6) is 0 Å². The third-order valence-corrected chi connectivity index (χ3v) is 7.68. The van der Waals surface area contributed by atoms with E-state index in [1.807, 2.05) is 6.08 Å². The van der Waals surface area contributed by atoms with E-state index in [1.165, 1.54) is 16.5 Å². The van der Waals surface area contributed by atoms with E-state index in [4.69, 9.17) is 22.2 Å². The van der Waals surface area contributed by atoms with Crippen molar-refractivity contribution in [3.05, 3.63) is 52.8 Å². The lowest BCUT2D eigenvalue weighted by Crippen LogP contribution is -2.47. The zero-order chi connectivity index (χ0) is 27.7. The average Bonchev–Trinajstić information content (AvgIpc) is 3.34. The number of anilines is 1. The minimum absolute atomic E-state index is 0.0777. The topological polar surface area (TPSA) is 80.0 Å². The van der Waals surface area contributed by atoms with Crippen LogP contribution >= 0.6 is 12.2 Å². The Balaban J connectivity index is 1.35. The fourth-order valence-electron chi connectivity index (χ4n) is 5.04. The van der Waals surface area contributed by atoms with Crippen molar-refractivity contribution in [1.29, 1.82) is 5.26 Å². The lowest BCUT2D eigenvalue weighted by molar-refractivity contribution is -0.137. The Kier molecular flexibility index (Phi) is 8.16. The highest BCUT2D eigenvalue weighted by molar-refractivity contribution is 7.80. The van der Waals surface area contributed by atoms with E-state index in [2.05, 4.69) is 11.0 Å². The second-order valence-electron chi connectivity index (χ2n) is 10.3. The summed E-state index contributed by atoms with van der Waals surface area (Å²) in [5, 5.41) is 20.3. The molecule has 2 aliphatic heterocycles. The summed E-state index contributed by atoms with van der Waals surface area (Å²) in [4.78, 5) is 16.7. The summed E-state index contributed by atoms with van der Waals surface area (Å²) in [6, 6.07) is 4.89. The van der Waals surface area contributed by atoms with Crippen molar-refractivity contribution in [3.8, 4) is 6.07 Å². The number of alkyl halides is 3. The summed E-state index contributed by atoms with van der Waals surface area (Å²) < 4.78 is 46.4. The van der Waals surface area contributed by atoms with Crippen LogP contribution in [0.3, 0.4) is 0 Å². The van der Waals surface area contributed by atoms with Crippen LogP contribution in [0, 0.1) is 11.3 Å². The van der Waals surface area contributed by atoms with Gasteiger partial charge in [-0.15, -0.1) is 0 Å². The van der Waals surface area contributed by atoms with Crippen LogP contribution in [-0.2, 0) is 15.7 Å². The predicted octanol–water partition coefficient (Wildman–Crippen LogP) is 4.37. The van der Waals surface area contributed by atoms with Crippen LogP contribution in [0.2, 0.25) is 0 Å². The summed E-state index contributed by atoms with van der Waals surface area (Å²) in [7, 11) is 0. The number of aliphatic hydroxyl groups is 1. The van der Waals surface area contributed by atoms with E-state index in [-0.39, 0.29) is 10.8 Å². The number of carbonyl (C=O) groups excluding carboxylic acids is 1. The minimum atomic E-state index is -4.71. The number of thiocarbonyl (C=S) groups is 1. The van der Waals surface area contributed by atoms with Gasteiger partial charge in [0.05, 0.1) is 41.6 Å². The minimum Gasteiger partial charge on any atom is -0.498 e. The number of allylic oxidation sites excluding steroid dienone is 3. The highest BCUT2D eigenvalue weighted by Crippen LogP contribution is 2.39. The number of ketones is 1. The maximum absolute atomic E-state index is 13.5. The van der Waals surface area contributed by atoms with Gasteiger partial charge in [0.2, 0.25) is 0 Å². The second-order valence-corrected chi connectivity index (χ2v) is 10.7. The van der Waals surface area contributed by atoms with E-state index < -0.39 is 29.1 Å². The number of nitrogens with zero attached hydrogens (tertiary/aromatic N) is 4. The van der Waals surface area contributed by atoms with Crippen LogP contribution in [0.25, 0.3) is 0 Å². The molecule has 38 heavy (non-hydrogen) atoms. The number of hydrogen-bond acceptors (Lipinski definition) is 6. The van der Waals surface area contributed by atoms with Crippen molar-refractivity contribution >= 4 is 28.8 Å². The summed E-state index contributed by atoms with van der Waals surface area (Å²) in [5.41, 5.74) is -1.05. The molecule has 1 aromatic carbocycles. The van der Waals surface area contributed by atoms with Crippen LogP contribution in [0.4, 0.5) is 18.9 Å². The molecule has 11 heteroatoms. The Bertz CT molecular complexity index is 1200. The number of ether oxygens (including phenoxy) is 1. The van der Waals surface area contributed by atoms with Crippen molar-refractivity contribution in [3.63, 3.8) is 0 Å². The number of rotatable bonds is 8. The zero-order valence-electron chi connectivity index (χ0n) is 21.4. The number of carbonyl (C=O) groups is 1. The van der Waals surface area contributed by atoms with Crippen LogP contribution < -0.4 is 4.90 Å². The van der Waals surface area contributed by atoms with Crippen molar-refractivity contribution in [2.45, 2.75) is 57.5 Å². The SMILES string of the molecule is CC1(C)C(O)N(c2ccc(C#N)c(C(F)(F)F)c2)C(=S)N1CCCOC1=CC=C(CN2CCC(=O)C2)CC1. The Morgan fingerprint density at radius 1 is 1.24 bits per heavy atom. The molecule has 1 atom stereocenters. The third-order valence-electron chi connectivity index (χ3n) is 7.26.